The summed E-state index contributed by atoms with van der Waals surface area (Å²) in [4.78, 5) is 13.9. The van der Waals surface area contributed by atoms with Crippen LogP contribution in [-0.2, 0) is 4.74 Å². The van der Waals surface area contributed by atoms with Crippen molar-refractivity contribution < 1.29 is 4.74 Å². The second-order valence-corrected chi connectivity index (χ2v) is 8.63. The van der Waals surface area contributed by atoms with E-state index in [4.69, 9.17) is 19.8 Å². The summed E-state index contributed by atoms with van der Waals surface area (Å²) < 4.78 is 7.53. The number of nitrogens with zero attached hydrogens (tertiary/aromatic N) is 5. The van der Waals surface area contributed by atoms with Crippen LogP contribution in [0.5, 0.6) is 0 Å². The molecule has 31 heavy (non-hydrogen) atoms. The Hall–Kier alpha value is -3.12. The predicted molar refractivity (Wildman–Crippen MR) is 119 cm³/mol. The van der Waals surface area contributed by atoms with Crippen LogP contribution in [0.25, 0.3) is 28.0 Å². The summed E-state index contributed by atoms with van der Waals surface area (Å²) in [6.45, 7) is 3.71. The van der Waals surface area contributed by atoms with Crippen molar-refractivity contribution in [3.05, 3.63) is 66.0 Å². The highest BCUT2D eigenvalue weighted by Gasteiger charge is 2.28. The van der Waals surface area contributed by atoms with Crippen LogP contribution >= 0.6 is 0 Å². The Labute approximate surface area is 181 Å². The van der Waals surface area contributed by atoms with Crippen LogP contribution in [-0.4, -0.2) is 37.8 Å². The summed E-state index contributed by atoms with van der Waals surface area (Å²) in [5, 5.41) is 5.03. The average molecular weight is 412 g/mol. The minimum atomic E-state index is 0.490. The van der Waals surface area contributed by atoms with Crippen LogP contribution in [0.4, 0.5) is 0 Å². The molecule has 0 N–H and O–H groups in total. The van der Waals surface area contributed by atoms with Gasteiger partial charge in [0.15, 0.2) is 5.65 Å². The molecule has 2 aliphatic rings. The predicted octanol–water partition coefficient (Wildman–Crippen LogP) is 4.93. The van der Waals surface area contributed by atoms with Gasteiger partial charge in [0.05, 0.1) is 17.1 Å². The Morgan fingerprint density at radius 1 is 0.903 bits per heavy atom. The van der Waals surface area contributed by atoms with E-state index in [2.05, 4.69) is 30.1 Å². The molecule has 0 spiro atoms. The van der Waals surface area contributed by atoms with E-state index in [1.54, 1.807) is 0 Å². The molecule has 4 aromatic rings. The van der Waals surface area contributed by atoms with Gasteiger partial charge in [0.1, 0.15) is 0 Å². The van der Waals surface area contributed by atoms with Gasteiger partial charge in [0.25, 0.3) is 0 Å². The van der Waals surface area contributed by atoms with Gasteiger partial charge >= 0.3 is 0 Å². The molecule has 0 amide bonds. The summed E-state index contributed by atoms with van der Waals surface area (Å²) in [7, 11) is 0. The van der Waals surface area contributed by atoms with Crippen molar-refractivity contribution in [3.63, 3.8) is 0 Å². The molecule has 1 saturated carbocycles. The molecule has 1 aliphatic heterocycles. The zero-order valence-corrected chi connectivity index (χ0v) is 17.7. The largest absolute Gasteiger partial charge is 0.381 e. The van der Waals surface area contributed by atoms with Crippen LogP contribution in [0.3, 0.4) is 0 Å². The lowest BCUT2D eigenvalue weighted by Gasteiger charge is -2.21. The third-order valence-electron chi connectivity index (χ3n) is 6.46. The Kier molecular flexibility index (Phi) is 4.53. The third kappa shape index (κ3) is 3.41. The maximum Gasteiger partial charge on any atom is 0.162 e. The molecule has 5 heterocycles. The van der Waals surface area contributed by atoms with Crippen LogP contribution in [0.2, 0.25) is 0 Å². The summed E-state index contributed by atoms with van der Waals surface area (Å²) in [5.74, 6) is 1.04. The SMILES string of the molecule is Cc1nc2c(-c3ccncc3)cc(C3CC3)nn2c1-c1ccc(C2CCOCC2)nc1. The van der Waals surface area contributed by atoms with Crippen LogP contribution in [0, 0.1) is 6.92 Å². The van der Waals surface area contributed by atoms with Gasteiger partial charge in [0.2, 0.25) is 0 Å². The molecule has 0 bridgehead atoms. The van der Waals surface area contributed by atoms with E-state index in [1.165, 1.54) is 12.8 Å². The first kappa shape index (κ1) is 18.6. The smallest absolute Gasteiger partial charge is 0.162 e. The average Bonchev–Trinajstić information content (AvgIpc) is 3.62. The van der Waals surface area contributed by atoms with E-state index >= 15 is 0 Å². The maximum atomic E-state index is 5.50. The van der Waals surface area contributed by atoms with Crippen molar-refractivity contribution in [2.24, 2.45) is 0 Å². The van der Waals surface area contributed by atoms with E-state index in [0.717, 1.165) is 71.2 Å². The zero-order valence-electron chi connectivity index (χ0n) is 17.7. The molecular weight excluding hydrogens is 386 g/mol. The highest BCUT2D eigenvalue weighted by molar-refractivity contribution is 5.80. The molecule has 6 heteroatoms. The molecule has 2 fully saturated rings. The van der Waals surface area contributed by atoms with Crippen molar-refractivity contribution in [1.82, 2.24) is 24.6 Å². The molecule has 0 aromatic carbocycles. The van der Waals surface area contributed by atoms with E-state index in [1.807, 2.05) is 35.2 Å². The van der Waals surface area contributed by atoms with E-state index in [9.17, 15) is 0 Å². The second-order valence-electron chi connectivity index (χ2n) is 8.63. The molecule has 6 rings (SSSR count). The number of rotatable bonds is 4. The van der Waals surface area contributed by atoms with E-state index < -0.39 is 0 Å². The molecule has 6 nitrogen and oxygen atoms in total. The molecule has 1 saturated heterocycles. The number of aromatic nitrogens is 5. The second kappa shape index (κ2) is 7.54. The number of hydrogen-bond donors (Lipinski definition) is 0. The topological polar surface area (TPSA) is 65.2 Å². The van der Waals surface area contributed by atoms with Gasteiger partial charge in [-0.3, -0.25) is 9.97 Å². The van der Waals surface area contributed by atoms with Crippen molar-refractivity contribution >= 4 is 5.65 Å². The van der Waals surface area contributed by atoms with Gasteiger partial charge in [-0.15, -0.1) is 0 Å². The minimum Gasteiger partial charge on any atom is -0.381 e. The highest BCUT2D eigenvalue weighted by Crippen LogP contribution is 2.41. The third-order valence-corrected chi connectivity index (χ3v) is 6.46. The number of ether oxygens (including phenoxy) is 1. The lowest BCUT2D eigenvalue weighted by Crippen LogP contribution is -2.15. The highest BCUT2D eigenvalue weighted by atomic mass is 16.5. The lowest BCUT2D eigenvalue weighted by molar-refractivity contribution is 0.0845. The Balaban J connectivity index is 1.48. The Morgan fingerprint density at radius 2 is 1.68 bits per heavy atom. The molecule has 0 atom stereocenters. The first-order valence-electron chi connectivity index (χ1n) is 11.1. The molecule has 0 radical (unpaired) electrons. The first-order valence-corrected chi connectivity index (χ1v) is 11.1. The van der Waals surface area contributed by atoms with E-state index in [0.29, 0.717) is 11.8 Å². The number of imidazole rings is 1. The van der Waals surface area contributed by atoms with Crippen molar-refractivity contribution in [2.75, 3.05) is 13.2 Å². The van der Waals surface area contributed by atoms with Crippen molar-refractivity contribution in [1.29, 1.82) is 0 Å². The molecule has 156 valence electrons. The van der Waals surface area contributed by atoms with Gasteiger partial charge < -0.3 is 4.74 Å². The van der Waals surface area contributed by atoms with Crippen LogP contribution in [0.1, 0.15) is 54.6 Å². The molecular formula is C25H25N5O. The summed E-state index contributed by atoms with van der Waals surface area (Å²) in [6, 6.07) is 10.6. The van der Waals surface area contributed by atoms with Crippen molar-refractivity contribution in [2.45, 2.75) is 44.4 Å². The molecule has 1 aliphatic carbocycles. The number of aryl methyl sites for hydroxylation is 1. The zero-order chi connectivity index (χ0) is 20.8. The normalized spacial score (nSPS) is 17.3. The standard InChI is InChI=1S/C25H25N5O/c1-16-24(20-4-5-22(27-15-20)19-8-12-31-13-9-19)30-25(28-16)21(17-6-10-26-11-7-17)14-23(29-30)18-2-3-18/h4-7,10-11,14-15,18-19H,2-3,8-9,12-13H2,1H3. The fourth-order valence-electron chi connectivity index (χ4n) is 4.58. The van der Waals surface area contributed by atoms with E-state index in [-0.39, 0.29) is 0 Å². The summed E-state index contributed by atoms with van der Waals surface area (Å²) in [6.07, 6.45) is 10.2. The van der Waals surface area contributed by atoms with Gasteiger partial charge in [-0.05, 0) is 68.5 Å². The Morgan fingerprint density at radius 3 is 2.39 bits per heavy atom. The fourth-order valence-corrected chi connectivity index (χ4v) is 4.58. The summed E-state index contributed by atoms with van der Waals surface area (Å²) >= 11 is 0. The van der Waals surface area contributed by atoms with Gasteiger partial charge in [-0.1, -0.05) is 0 Å². The van der Waals surface area contributed by atoms with Crippen LogP contribution < -0.4 is 0 Å². The van der Waals surface area contributed by atoms with Gasteiger partial charge in [-0.2, -0.15) is 5.10 Å². The Bertz CT molecular complexity index is 1220. The summed E-state index contributed by atoms with van der Waals surface area (Å²) in [5.41, 5.74) is 8.47. The monoisotopic (exact) mass is 411 g/mol. The van der Waals surface area contributed by atoms with Gasteiger partial charge in [-0.25, -0.2) is 9.50 Å². The molecule has 0 unspecified atom stereocenters. The van der Waals surface area contributed by atoms with Crippen molar-refractivity contribution in [3.8, 4) is 22.4 Å². The number of pyridine rings is 2. The minimum absolute atomic E-state index is 0.490. The number of fused-ring (bicyclic) bond motifs is 1. The van der Waals surface area contributed by atoms with Gasteiger partial charge in [0, 0.05) is 60.5 Å². The quantitative estimate of drug-likeness (QED) is 0.476. The number of hydrogen-bond acceptors (Lipinski definition) is 5. The first-order chi connectivity index (χ1) is 15.3. The lowest BCUT2D eigenvalue weighted by atomic mass is 9.95. The van der Waals surface area contributed by atoms with Crippen LogP contribution in [0.15, 0.2) is 48.9 Å². The molecule has 4 aromatic heterocycles. The maximum absolute atomic E-state index is 5.50. The fraction of sp³-hybridized carbons (Fsp3) is 0.360.